The molecule has 2 aromatic carbocycles. The maximum atomic E-state index is 13.5. The first kappa shape index (κ1) is 17.1. The van der Waals surface area contributed by atoms with Crippen LogP contribution in [0.3, 0.4) is 0 Å². The Balaban J connectivity index is 2.79. The predicted molar refractivity (Wildman–Crippen MR) is 84.9 cm³/mol. The van der Waals surface area contributed by atoms with E-state index >= 15 is 0 Å². The minimum absolute atomic E-state index is 0.0133. The molecule has 0 spiro atoms. The van der Waals surface area contributed by atoms with Crippen molar-refractivity contribution in [2.45, 2.75) is 19.5 Å². The van der Waals surface area contributed by atoms with Crippen molar-refractivity contribution >= 4 is 17.2 Å². The molecule has 5 heteroatoms. The molecule has 0 saturated carbocycles. The Morgan fingerprint density at radius 3 is 2.26 bits per heavy atom. The van der Waals surface area contributed by atoms with E-state index in [4.69, 9.17) is 16.9 Å². The Morgan fingerprint density at radius 1 is 1.09 bits per heavy atom. The highest BCUT2D eigenvalue weighted by molar-refractivity contribution is 6.31. The van der Waals surface area contributed by atoms with Crippen LogP contribution >= 0.6 is 11.6 Å². The molecule has 0 radical (unpaired) electrons. The second-order valence-electron chi connectivity index (χ2n) is 5.02. The molecule has 0 aliphatic rings. The molecule has 0 amide bonds. The molecule has 23 heavy (non-hydrogen) atoms. The van der Waals surface area contributed by atoms with Gasteiger partial charge in [-0.1, -0.05) is 48.0 Å². The van der Waals surface area contributed by atoms with Gasteiger partial charge in [0.05, 0.1) is 18.1 Å². The van der Waals surface area contributed by atoms with Crippen LogP contribution in [0.1, 0.15) is 23.1 Å². The smallest absolute Gasteiger partial charge is 0.198 e. The lowest BCUT2D eigenvalue weighted by molar-refractivity contribution is -0.0921. The predicted octanol–water partition coefficient (Wildman–Crippen LogP) is 5.93. The summed E-state index contributed by atoms with van der Waals surface area (Å²) in [5.41, 5.74) is 0.640. The normalized spacial score (nSPS) is 12.5. The highest BCUT2D eigenvalue weighted by atomic mass is 35.5. The minimum atomic E-state index is -4.59. The molecular formula is C18H13ClF3N. The molecule has 0 aromatic heterocycles. The summed E-state index contributed by atoms with van der Waals surface area (Å²) in [6, 6.07) is 14.6. The first-order valence-electron chi connectivity index (χ1n) is 6.84. The summed E-state index contributed by atoms with van der Waals surface area (Å²) < 4.78 is 40.4. The summed E-state index contributed by atoms with van der Waals surface area (Å²) in [6.45, 7) is 1.73. The van der Waals surface area contributed by atoms with Gasteiger partial charge in [-0.2, -0.15) is 18.4 Å². The van der Waals surface area contributed by atoms with Crippen molar-refractivity contribution in [1.82, 2.24) is 0 Å². The van der Waals surface area contributed by atoms with Gasteiger partial charge in [-0.25, -0.2) is 0 Å². The number of nitrogens with zero attached hydrogens (tertiary/aromatic N) is 1. The Bertz CT molecular complexity index is 771. The molecular weight excluding hydrogens is 323 g/mol. The molecule has 0 bridgehead atoms. The van der Waals surface area contributed by atoms with Gasteiger partial charge in [0.2, 0.25) is 0 Å². The second-order valence-corrected chi connectivity index (χ2v) is 5.42. The quantitative estimate of drug-likeness (QED) is 0.682. The Kier molecular flexibility index (Phi) is 5.12. The van der Waals surface area contributed by atoms with Crippen LogP contribution in [0.2, 0.25) is 5.02 Å². The van der Waals surface area contributed by atoms with Gasteiger partial charge in [0.1, 0.15) is 0 Å². The molecule has 0 fully saturated rings. The maximum Gasteiger partial charge on any atom is 0.414 e. The lowest BCUT2D eigenvalue weighted by Gasteiger charge is -2.18. The number of hydrogen-bond donors (Lipinski definition) is 0. The lowest BCUT2D eigenvalue weighted by Crippen LogP contribution is -2.14. The van der Waals surface area contributed by atoms with E-state index < -0.39 is 18.2 Å². The molecule has 2 aromatic rings. The first-order chi connectivity index (χ1) is 10.8. The van der Waals surface area contributed by atoms with Crippen molar-refractivity contribution in [2.75, 3.05) is 0 Å². The van der Waals surface area contributed by atoms with E-state index in [1.165, 1.54) is 0 Å². The van der Waals surface area contributed by atoms with Gasteiger partial charge in [0.25, 0.3) is 0 Å². The van der Waals surface area contributed by atoms with Gasteiger partial charge >= 0.3 is 6.18 Å². The molecule has 0 N–H and O–H groups in total. The third-order valence-electron chi connectivity index (χ3n) is 3.41. The fraction of sp³-hybridized carbons (Fsp3) is 0.167. The molecule has 0 atom stereocenters. The number of halogens is 4. The van der Waals surface area contributed by atoms with Gasteiger partial charge in [-0.05, 0) is 41.3 Å². The molecule has 0 unspecified atom stereocenters. The van der Waals surface area contributed by atoms with E-state index in [1.807, 2.05) is 0 Å². The highest BCUT2D eigenvalue weighted by Crippen LogP contribution is 2.38. The zero-order chi connectivity index (χ0) is 17.0. The van der Waals surface area contributed by atoms with Crippen LogP contribution in [-0.4, -0.2) is 6.18 Å². The summed E-state index contributed by atoms with van der Waals surface area (Å²) in [4.78, 5) is 0. The highest BCUT2D eigenvalue weighted by Gasteiger charge is 2.36. The van der Waals surface area contributed by atoms with E-state index in [2.05, 4.69) is 0 Å². The topological polar surface area (TPSA) is 23.8 Å². The summed E-state index contributed by atoms with van der Waals surface area (Å²) >= 11 is 5.97. The fourth-order valence-corrected chi connectivity index (χ4v) is 2.45. The molecule has 118 valence electrons. The lowest BCUT2D eigenvalue weighted by atomic mass is 9.90. The van der Waals surface area contributed by atoms with E-state index in [0.29, 0.717) is 21.7 Å². The Labute approximate surface area is 137 Å². The maximum absolute atomic E-state index is 13.5. The zero-order valence-corrected chi connectivity index (χ0v) is 13.0. The van der Waals surface area contributed by atoms with Gasteiger partial charge in [-0.15, -0.1) is 0 Å². The zero-order valence-electron chi connectivity index (χ0n) is 12.3. The van der Waals surface area contributed by atoms with Crippen LogP contribution in [0.25, 0.3) is 5.57 Å². The summed E-state index contributed by atoms with van der Waals surface area (Å²) in [5, 5.41) is 9.32. The SMILES string of the molecule is Cc1cc(/C(=C(/CC#N)C(F)(F)F)c2ccccc2)ccc1Cl. The number of allylic oxidation sites excluding steroid dienone is 1. The molecule has 1 nitrogen and oxygen atoms in total. The molecule has 0 aliphatic carbocycles. The Hall–Kier alpha value is -2.25. The molecule has 0 saturated heterocycles. The second kappa shape index (κ2) is 6.89. The third-order valence-corrected chi connectivity index (χ3v) is 3.83. The van der Waals surface area contributed by atoms with E-state index in [-0.39, 0.29) is 5.57 Å². The monoisotopic (exact) mass is 335 g/mol. The van der Waals surface area contributed by atoms with Gasteiger partial charge in [-0.3, -0.25) is 0 Å². The first-order valence-corrected chi connectivity index (χ1v) is 7.21. The summed E-state index contributed by atoms with van der Waals surface area (Å²) in [6.07, 6.45) is -5.30. The van der Waals surface area contributed by atoms with Crippen molar-refractivity contribution in [3.63, 3.8) is 0 Å². The van der Waals surface area contributed by atoms with Crippen molar-refractivity contribution in [2.24, 2.45) is 0 Å². The third kappa shape index (κ3) is 3.94. The average molecular weight is 336 g/mol. The minimum Gasteiger partial charge on any atom is -0.198 e. The number of benzene rings is 2. The average Bonchev–Trinajstić information content (AvgIpc) is 2.50. The van der Waals surface area contributed by atoms with E-state index in [9.17, 15) is 13.2 Å². The Morgan fingerprint density at radius 2 is 1.74 bits per heavy atom. The van der Waals surface area contributed by atoms with Crippen LogP contribution in [-0.2, 0) is 0 Å². The van der Waals surface area contributed by atoms with Crippen LogP contribution < -0.4 is 0 Å². The van der Waals surface area contributed by atoms with Crippen molar-refractivity contribution in [1.29, 1.82) is 5.26 Å². The number of rotatable bonds is 3. The fourth-order valence-electron chi connectivity index (χ4n) is 2.33. The van der Waals surface area contributed by atoms with E-state index in [1.54, 1.807) is 61.5 Å². The van der Waals surface area contributed by atoms with Crippen LogP contribution in [0, 0.1) is 18.3 Å². The standard InChI is InChI=1S/C18H13ClF3N/c1-12-11-14(7-8-16(12)19)17(13-5-3-2-4-6-13)15(9-10-23)18(20,21)22/h2-8,11H,9H2,1H3/b17-15-. The molecule has 0 aliphatic heterocycles. The summed E-state index contributed by atoms with van der Waals surface area (Å²) in [7, 11) is 0. The van der Waals surface area contributed by atoms with Crippen LogP contribution in [0.4, 0.5) is 13.2 Å². The number of alkyl halides is 3. The van der Waals surface area contributed by atoms with Gasteiger partial charge in [0, 0.05) is 5.02 Å². The van der Waals surface area contributed by atoms with E-state index in [0.717, 1.165) is 0 Å². The number of aryl methyl sites for hydroxylation is 1. The molecule has 2 rings (SSSR count). The van der Waals surface area contributed by atoms with Crippen molar-refractivity contribution in [3.05, 3.63) is 75.8 Å². The number of hydrogen-bond acceptors (Lipinski definition) is 1. The molecule has 0 heterocycles. The number of nitriles is 1. The van der Waals surface area contributed by atoms with Crippen LogP contribution in [0.15, 0.2) is 54.1 Å². The van der Waals surface area contributed by atoms with Crippen molar-refractivity contribution in [3.8, 4) is 6.07 Å². The summed E-state index contributed by atoms with van der Waals surface area (Å²) in [5.74, 6) is 0. The van der Waals surface area contributed by atoms with Gasteiger partial charge in [0.15, 0.2) is 0 Å². The van der Waals surface area contributed by atoms with Crippen molar-refractivity contribution < 1.29 is 13.2 Å². The van der Waals surface area contributed by atoms with Gasteiger partial charge < -0.3 is 0 Å². The largest absolute Gasteiger partial charge is 0.414 e. The van der Waals surface area contributed by atoms with Crippen LogP contribution in [0.5, 0.6) is 0 Å².